The first-order valence-corrected chi connectivity index (χ1v) is 9.83. The van der Waals surface area contributed by atoms with Crippen LogP contribution < -0.4 is 10.6 Å². The summed E-state index contributed by atoms with van der Waals surface area (Å²) in [5.74, 6) is -0.657. The van der Waals surface area contributed by atoms with Crippen molar-refractivity contribution in [3.05, 3.63) is 89.1 Å². The van der Waals surface area contributed by atoms with E-state index < -0.39 is 0 Å². The van der Waals surface area contributed by atoms with Gasteiger partial charge in [-0.25, -0.2) is 0 Å². The van der Waals surface area contributed by atoms with Gasteiger partial charge in [0.2, 0.25) is 0 Å². The zero-order chi connectivity index (χ0) is 20.5. The van der Waals surface area contributed by atoms with E-state index in [2.05, 4.69) is 10.6 Å². The molecule has 0 unspecified atom stereocenters. The van der Waals surface area contributed by atoms with Crippen molar-refractivity contribution < 1.29 is 14.3 Å². The first-order chi connectivity index (χ1) is 14.1. The average Bonchev–Trinajstić information content (AvgIpc) is 3.26. The Morgan fingerprint density at radius 2 is 1.86 bits per heavy atom. The molecule has 1 atom stereocenters. The largest absolute Gasteiger partial charge is 0.376 e. The van der Waals surface area contributed by atoms with E-state index in [9.17, 15) is 9.59 Å². The van der Waals surface area contributed by atoms with E-state index in [0.29, 0.717) is 12.1 Å². The maximum atomic E-state index is 12.7. The number of ether oxygens (including phenoxy) is 1. The van der Waals surface area contributed by atoms with Gasteiger partial charge in [-0.3, -0.25) is 9.59 Å². The molecular weight excluding hydrogens is 364 g/mol. The molecular formula is C24H26N2O3. The van der Waals surface area contributed by atoms with E-state index in [-0.39, 0.29) is 23.6 Å². The lowest BCUT2D eigenvalue weighted by Crippen LogP contribution is -2.38. The molecule has 1 saturated heterocycles. The lowest BCUT2D eigenvalue weighted by Gasteiger charge is -2.13. The number of allylic oxidation sites excluding steroid dienone is 2. The van der Waals surface area contributed by atoms with Crippen molar-refractivity contribution in [2.45, 2.75) is 25.9 Å². The van der Waals surface area contributed by atoms with Gasteiger partial charge < -0.3 is 15.4 Å². The number of rotatable bonds is 7. The molecule has 1 fully saturated rings. The van der Waals surface area contributed by atoms with Gasteiger partial charge >= 0.3 is 0 Å². The first-order valence-electron chi connectivity index (χ1n) is 9.83. The van der Waals surface area contributed by atoms with E-state index in [0.717, 1.165) is 30.6 Å². The highest BCUT2D eigenvalue weighted by molar-refractivity contribution is 6.03. The lowest BCUT2D eigenvalue weighted by molar-refractivity contribution is -0.118. The van der Waals surface area contributed by atoms with Gasteiger partial charge in [0.05, 0.1) is 6.10 Å². The molecule has 1 aliphatic rings. The summed E-state index contributed by atoms with van der Waals surface area (Å²) in [6, 6.07) is 17.0. The topological polar surface area (TPSA) is 67.4 Å². The van der Waals surface area contributed by atoms with E-state index in [1.165, 1.54) is 0 Å². The van der Waals surface area contributed by atoms with Gasteiger partial charge in [-0.2, -0.15) is 0 Å². The summed E-state index contributed by atoms with van der Waals surface area (Å²) >= 11 is 0. The zero-order valence-electron chi connectivity index (χ0n) is 16.6. The quantitative estimate of drug-likeness (QED) is 0.561. The third-order valence-corrected chi connectivity index (χ3v) is 4.67. The molecule has 29 heavy (non-hydrogen) atoms. The fourth-order valence-electron chi connectivity index (χ4n) is 3.00. The number of benzene rings is 2. The maximum absolute atomic E-state index is 12.7. The Morgan fingerprint density at radius 1 is 1.10 bits per heavy atom. The molecule has 0 bridgehead atoms. The number of aryl methyl sites for hydroxylation is 1. The molecule has 0 aromatic heterocycles. The number of carbonyl (C=O) groups excluding carboxylic acids is 2. The summed E-state index contributed by atoms with van der Waals surface area (Å²) < 4.78 is 5.55. The van der Waals surface area contributed by atoms with Crippen molar-refractivity contribution in [3.8, 4) is 0 Å². The normalized spacial score (nSPS) is 16.7. The second-order valence-corrected chi connectivity index (χ2v) is 7.02. The summed E-state index contributed by atoms with van der Waals surface area (Å²) in [5, 5.41) is 5.59. The van der Waals surface area contributed by atoms with Crippen LogP contribution in [0.2, 0.25) is 0 Å². The van der Waals surface area contributed by atoms with Gasteiger partial charge in [0.25, 0.3) is 11.8 Å². The summed E-state index contributed by atoms with van der Waals surface area (Å²) in [6.07, 6.45) is 7.23. The second kappa shape index (κ2) is 10.4. The average molecular weight is 390 g/mol. The molecule has 0 radical (unpaired) electrons. The lowest BCUT2D eigenvalue weighted by atomic mass is 10.1. The number of carbonyl (C=O) groups is 2. The Bertz CT molecular complexity index is 880. The molecule has 0 saturated carbocycles. The van der Waals surface area contributed by atoms with Crippen LogP contribution in [0.3, 0.4) is 0 Å². The van der Waals surface area contributed by atoms with E-state index in [1.54, 1.807) is 24.3 Å². The van der Waals surface area contributed by atoms with Crippen LogP contribution >= 0.6 is 0 Å². The Hall–Kier alpha value is -3.18. The monoisotopic (exact) mass is 390 g/mol. The third kappa shape index (κ3) is 6.43. The van der Waals surface area contributed by atoms with Gasteiger partial charge in [-0.1, -0.05) is 60.2 Å². The fourth-order valence-corrected chi connectivity index (χ4v) is 3.00. The number of nitrogens with one attached hydrogen (secondary N) is 2. The highest BCUT2D eigenvalue weighted by atomic mass is 16.5. The van der Waals surface area contributed by atoms with Crippen molar-refractivity contribution in [2.75, 3.05) is 13.2 Å². The summed E-state index contributed by atoms with van der Waals surface area (Å²) in [6.45, 7) is 3.12. The molecule has 2 aromatic carbocycles. The van der Waals surface area contributed by atoms with Gasteiger partial charge in [0, 0.05) is 18.7 Å². The predicted molar refractivity (Wildman–Crippen MR) is 114 cm³/mol. The van der Waals surface area contributed by atoms with Crippen molar-refractivity contribution in [1.29, 1.82) is 0 Å². The number of hydrogen-bond acceptors (Lipinski definition) is 3. The van der Waals surface area contributed by atoms with Gasteiger partial charge in [0.1, 0.15) is 5.70 Å². The molecule has 1 heterocycles. The van der Waals surface area contributed by atoms with Crippen molar-refractivity contribution >= 4 is 17.9 Å². The first kappa shape index (κ1) is 20.6. The Kier molecular flexibility index (Phi) is 7.36. The van der Waals surface area contributed by atoms with Crippen molar-refractivity contribution in [2.24, 2.45) is 0 Å². The molecule has 1 aliphatic heterocycles. The van der Waals surface area contributed by atoms with E-state index in [1.807, 2.05) is 55.5 Å². The standard InChI is InChI=1S/C24H26N2O3/c1-18-12-14-20(15-13-18)23(27)26-22(11-5-9-19-7-3-2-4-8-19)24(28)25-17-21-10-6-16-29-21/h2-5,7-9,11-15,21H,6,10,16-17H2,1H3,(H,25,28)(H,26,27)/b9-5+,22-11-/t21-/m0/s1. The Morgan fingerprint density at radius 3 is 2.55 bits per heavy atom. The number of amides is 2. The van der Waals surface area contributed by atoms with Crippen LogP contribution in [0.4, 0.5) is 0 Å². The SMILES string of the molecule is Cc1ccc(C(=O)N/C(=C\C=C\c2ccccc2)C(=O)NC[C@@H]2CCCO2)cc1. The molecule has 2 N–H and O–H groups in total. The van der Waals surface area contributed by atoms with Crippen molar-refractivity contribution in [3.63, 3.8) is 0 Å². The third-order valence-electron chi connectivity index (χ3n) is 4.67. The molecule has 150 valence electrons. The molecule has 5 heteroatoms. The molecule has 3 rings (SSSR count). The van der Waals surface area contributed by atoms with Crippen LogP contribution in [0.5, 0.6) is 0 Å². The minimum Gasteiger partial charge on any atom is -0.376 e. The fraction of sp³-hybridized carbons (Fsp3) is 0.250. The van der Waals surface area contributed by atoms with Crippen molar-refractivity contribution in [1.82, 2.24) is 10.6 Å². The highest BCUT2D eigenvalue weighted by Gasteiger charge is 2.18. The number of hydrogen-bond donors (Lipinski definition) is 2. The molecule has 2 amide bonds. The van der Waals surface area contributed by atoms with Crippen LogP contribution in [-0.2, 0) is 9.53 Å². The van der Waals surface area contributed by atoms with E-state index >= 15 is 0 Å². The summed E-state index contributed by atoms with van der Waals surface area (Å²) in [5.41, 5.74) is 2.77. The van der Waals surface area contributed by atoms with Gasteiger partial charge in [-0.05, 0) is 43.5 Å². The summed E-state index contributed by atoms with van der Waals surface area (Å²) in [7, 11) is 0. The maximum Gasteiger partial charge on any atom is 0.267 e. The van der Waals surface area contributed by atoms with Crippen LogP contribution in [0.1, 0.15) is 34.3 Å². The van der Waals surface area contributed by atoms with E-state index in [4.69, 9.17) is 4.74 Å². The summed E-state index contributed by atoms with van der Waals surface area (Å²) in [4.78, 5) is 25.3. The minimum absolute atomic E-state index is 0.0351. The molecule has 2 aromatic rings. The molecule has 0 aliphatic carbocycles. The second-order valence-electron chi connectivity index (χ2n) is 7.02. The predicted octanol–water partition coefficient (Wildman–Crippen LogP) is 3.62. The highest BCUT2D eigenvalue weighted by Crippen LogP contribution is 2.11. The van der Waals surface area contributed by atoms with Gasteiger partial charge in [-0.15, -0.1) is 0 Å². The minimum atomic E-state index is -0.335. The Balaban J connectivity index is 1.71. The smallest absolute Gasteiger partial charge is 0.267 e. The van der Waals surface area contributed by atoms with Gasteiger partial charge in [0.15, 0.2) is 0 Å². The van der Waals surface area contributed by atoms with Crippen LogP contribution in [0.15, 0.2) is 72.4 Å². The van der Waals surface area contributed by atoms with Crippen LogP contribution in [0, 0.1) is 6.92 Å². The zero-order valence-corrected chi connectivity index (χ0v) is 16.6. The van der Waals surface area contributed by atoms with Crippen LogP contribution in [0.25, 0.3) is 6.08 Å². The Labute approximate surface area is 171 Å². The van der Waals surface area contributed by atoms with Crippen LogP contribution in [-0.4, -0.2) is 31.1 Å². The molecule has 5 nitrogen and oxygen atoms in total. The molecule has 0 spiro atoms.